The Balaban J connectivity index is 2.34. The lowest BCUT2D eigenvalue weighted by molar-refractivity contribution is -0.139. The second-order valence-corrected chi connectivity index (χ2v) is 5.15. The van der Waals surface area contributed by atoms with Crippen molar-refractivity contribution in [1.29, 1.82) is 0 Å². The molecule has 0 saturated heterocycles. The molecule has 1 saturated carbocycles. The van der Waals surface area contributed by atoms with Crippen LogP contribution in [-0.2, 0) is 4.79 Å². The second kappa shape index (κ2) is 5.89. The first-order valence-corrected chi connectivity index (χ1v) is 6.23. The Bertz CT molecular complexity index is 291. The number of aliphatic carboxylic acids is 1. The number of rotatable bonds is 6. The van der Waals surface area contributed by atoms with Crippen LogP contribution in [0.1, 0.15) is 40.0 Å². The van der Waals surface area contributed by atoms with Crippen molar-refractivity contribution in [3.8, 4) is 0 Å². The predicted molar refractivity (Wildman–Crippen MR) is 64.7 cm³/mol. The normalized spacial score (nSPS) is 24.2. The maximum atomic E-state index is 11.6. The fraction of sp³-hybridized carbons (Fsp3) is 0.833. The summed E-state index contributed by atoms with van der Waals surface area (Å²) in [6.45, 7) is 5.95. The van der Waals surface area contributed by atoms with Gasteiger partial charge in [0.1, 0.15) is 6.04 Å². The van der Waals surface area contributed by atoms with Gasteiger partial charge < -0.3 is 15.7 Å². The molecule has 0 aromatic rings. The van der Waals surface area contributed by atoms with Crippen LogP contribution >= 0.6 is 0 Å². The number of amides is 2. The quantitative estimate of drug-likeness (QED) is 0.661. The van der Waals surface area contributed by atoms with Gasteiger partial charge in [-0.25, -0.2) is 9.59 Å². The number of carboxylic acid groups (broad SMARTS) is 1. The van der Waals surface area contributed by atoms with Gasteiger partial charge in [0, 0.05) is 6.04 Å². The summed E-state index contributed by atoms with van der Waals surface area (Å²) < 4.78 is 0. The number of hydrogen-bond donors (Lipinski definition) is 3. The fourth-order valence-electron chi connectivity index (χ4n) is 1.94. The second-order valence-electron chi connectivity index (χ2n) is 5.15. The maximum Gasteiger partial charge on any atom is 0.326 e. The van der Waals surface area contributed by atoms with E-state index in [1.165, 1.54) is 0 Å². The summed E-state index contributed by atoms with van der Waals surface area (Å²) in [6.07, 6.45) is 2.51. The van der Waals surface area contributed by atoms with Crippen LogP contribution in [0.15, 0.2) is 0 Å². The third kappa shape index (κ3) is 4.63. The minimum atomic E-state index is -0.975. The third-order valence-corrected chi connectivity index (χ3v) is 3.07. The maximum absolute atomic E-state index is 11.6. The molecule has 1 aliphatic carbocycles. The van der Waals surface area contributed by atoms with E-state index in [1.807, 2.05) is 13.8 Å². The Morgan fingerprint density at radius 2 is 2.06 bits per heavy atom. The highest BCUT2D eigenvalue weighted by molar-refractivity contribution is 5.82. The summed E-state index contributed by atoms with van der Waals surface area (Å²) in [5.41, 5.74) is 0. The summed E-state index contributed by atoms with van der Waals surface area (Å²) >= 11 is 0. The van der Waals surface area contributed by atoms with E-state index in [4.69, 9.17) is 5.11 Å². The van der Waals surface area contributed by atoms with Crippen LogP contribution in [0.25, 0.3) is 0 Å². The zero-order valence-electron chi connectivity index (χ0n) is 10.7. The Kier molecular flexibility index (Phi) is 4.78. The van der Waals surface area contributed by atoms with E-state index in [2.05, 4.69) is 17.6 Å². The van der Waals surface area contributed by atoms with Gasteiger partial charge >= 0.3 is 12.0 Å². The van der Waals surface area contributed by atoms with Crippen LogP contribution in [-0.4, -0.2) is 29.2 Å². The molecule has 3 unspecified atom stereocenters. The van der Waals surface area contributed by atoms with Crippen molar-refractivity contribution in [1.82, 2.24) is 10.6 Å². The van der Waals surface area contributed by atoms with Gasteiger partial charge in [0.05, 0.1) is 0 Å². The minimum absolute atomic E-state index is 0.230. The van der Waals surface area contributed by atoms with Gasteiger partial charge in [-0.05, 0) is 24.7 Å². The molecule has 2 amide bonds. The summed E-state index contributed by atoms with van der Waals surface area (Å²) in [4.78, 5) is 22.5. The standard InChI is InChI=1S/C12H22N2O3/c1-4-8-6-9(8)13-12(17)14-10(11(15)16)5-7(2)3/h7-10H,4-6H2,1-3H3,(H,15,16)(H2,13,14,17). The van der Waals surface area contributed by atoms with Crippen LogP contribution in [0.5, 0.6) is 0 Å². The Hall–Kier alpha value is -1.26. The number of urea groups is 1. The highest BCUT2D eigenvalue weighted by Gasteiger charge is 2.37. The molecule has 98 valence electrons. The zero-order valence-corrected chi connectivity index (χ0v) is 10.7. The Morgan fingerprint density at radius 1 is 1.41 bits per heavy atom. The first kappa shape index (κ1) is 13.8. The molecule has 1 aliphatic rings. The fourth-order valence-corrected chi connectivity index (χ4v) is 1.94. The molecule has 0 heterocycles. The average Bonchev–Trinajstić information content (AvgIpc) is 2.94. The van der Waals surface area contributed by atoms with Gasteiger partial charge in [-0.15, -0.1) is 0 Å². The van der Waals surface area contributed by atoms with Gasteiger partial charge in [0.15, 0.2) is 0 Å². The molecule has 0 aromatic heterocycles. The lowest BCUT2D eigenvalue weighted by Crippen LogP contribution is -2.47. The minimum Gasteiger partial charge on any atom is -0.480 e. The van der Waals surface area contributed by atoms with E-state index in [-0.39, 0.29) is 18.0 Å². The predicted octanol–water partition coefficient (Wildman–Crippen LogP) is 1.58. The van der Waals surface area contributed by atoms with E-state index < -0.39 is 12.0 Å². The first-order valence-electron chi connectivity index (χ1n) is 6.23. The highest BCUT2D eigenvalue weighted by atomic mass is 16.4. The topological polar surface area (TPSA) is 78.4 Å². The molecule has 17 heavy (non-hydrogen) atoms. The number of carbonyl (C=O) groups is 2. The van der Waals surface area contributed by atoms with Crippen molar-refractivity contribution in [2.75, 3.05) is 0 Å². The molecule has 3 N–H and O–H groups in total. The van der Waals surface area contributed by atoms with Crippen molar-refractivity contribution in [2.24, 2.45) is 11.8 Å². The first-order chi connectivity index (χ1) is 7.93. The average molecular weight is 242 g/mol. The summed E-state index contributed by atoms with van der Waals surface area (Å²) in [7, 11) is 0. The molecule has 3 atom stereocenters. The highest BCUT2D eigenvalue weighted by Crippen LogP contribution is 2.32. The molecule has 0 aliphatic heterocycles. The lowest BCUT2D eigenvalue weighted by Gasteiger charge is -2.16. The Morgan fingerprint density at radius 3 is 2.47 bits per heavy atom. The number of carbonyl (C=O) groups excluding carboxylic acids is 1. The van der Waals surface area contributed by atoms with E-state index in [1.54, 1.807) is 0 Å². The smallest absolute Gasteiger partial charge is 0.326 e. The van der Waals surface area contributed by atoms with Crippen LogP contribution < -0.4 is 10.6 Å². The van der Waals surface area contributed by atoms with Gasteiger partial charge in [-0.1, -0.05) is 27.2 Å². The molecule has 0 bridgehead atoms. The van der Waals surface area contributed by atoms with E-state index in [9.17, 15) is 9.59 Å². The van der Waals surface area contributed by atoms with Crippen LogP contribution in [0.3, 0.4) is 0 Å². The van der Waals surface area contributed by atoms with Gasteiger partial charge in [-0.2, -0.15) is 0 Å². The Labute approximate surface area is 102 Å². The summed E-state index contributed by atoms with van der Waals surface area (Å²) in [5, 5.41) is 14.3. The van der Waals surface area contributed by atoms with Crippen molar-refractivity contribution in [3.63, 3.8) is 0 Å². The van der Waals surface area contributed by atoms with E-state index in [0.717, 1.165) is 12.8 Å². The van der Waals surface area contributed by atoms with Gasteiger partial charge in [0.25, 0.3) is 0 Å². The van der Waals surface area contributed by atoms with Crippen molar-refractivity contribution in [3.05, 3.63) is 0 Å². The molecular formula is C12H22N2O3. The summed E-state index contributed by atoms with van der Waals surface area (Å²) in [5.74, 6) is -0.175. The van der Waals surface area contributed by atoms with Crippen LogP contribution in [0, 0.1) is 11.8 Å². The molecule has 5 nitrogen and oxygen atoms in total. The van der Waals surface area contributed by atoms with E-state index in [0.29, 0.717) is 12.3 Å². The third-order valence-electron chi connectivity index (χ3n) is 3.07. The SMILES string of the molecule is CCC1CC1NC(=O)NC(CC(C)C)C(=O)O. The number of carboxylic acids is 1. The molecular weight excluding hydrogens is 220 g/mol. The summed E-state index contributed by atoms with van der Waals surface area (Å²) in [6, 6.07) is -0.929. The van der Waals surface area contributed by atoms with Crippen LogP contribution in [0.4, 0.5) is 4.79 Å². The van der Waals surface area contributed by atoms with Crippen molar-refractivity contribution in [2.45, 2.75) is 52.1 Å². The van der Waals surface area contributed by atoms with Crippen molar-refractivity contribution < 1.29 is 14.7 Å². The van der Waals surface area contributed by atoms with E-state index >= 15 is 0 Å². The van der Waals surface area contributed by atoms with Gasteiger partial charge in [0.2, 0.25) is 0 Å². The van der Waals surface area contributed by atoms with Gasteiger partial charge in [-0.3, -0.25) is 0 Å². The molecule has 0 spiro atoms. The van der Waals surface area contributed by atoms with Crippen molar-refractivity contribution >= 4 is 12.0 Å². The molecule has 5 heteroatoms. The number of hydrogen-bond acceptors (Lipinski definition) is 2. The lowest BCUT2D eigenvalue weighted by atomic mass is 10.0. The molecule has 1 fully saturated rings. The monoisotopic (exact) mass is 242 g/mol. The zero-order chi connectivity index (χ0) is 13.0. The molecule has 1 rings (SSSR count). The molecule has 0 aromatic carbocycles. The van der Waals surface area contributed by atoms with Crippen LogP contribution in [0.2, 0.25) is 0 Å². The number of nitrogens with one attached hydrogen (secondary N) is 2. The molecule has 0 radical (unpaired) electrons. The largest absolute Gasteiger partial charge is 0.480 e.